The van der Waals surface area contributed by atoms with Gasteiger partial charge in [-0.25, -0.2) is 9.80 Å². The molecule has 12 heteroatoms. The van der Waals surface area contributed by atoms with Crippen molar-refractivity contribution in [2.24, 2.45) is 28.3 Å². The number of fused-ring (bicyclic) bond motifs is 1. The van der Waals surface area contributed by atoms with Crippen LogP contribution >= 0.6 is 0 Å². The van der Waals surface area contributed by atoms with Gasteiger partial charge in [0, 0.05) is 31.7 Å². The normalized spacial score (nSPS) is 20.1. The first kappa shape index (κ1) is 33.6. The number of hydrazine groups is 1. The largest absolute Gasteiger partial charge is 0.508 e. The number of ketones is 1. The third kappa shape index (κ3) is 7.78. The Balaban J connectivity index is 1.49. The lowest BCUT2D eigenvalue weighted by atomic mass is 9.74. The van der Waals surface area contributed by atoms with Gasteiger partial charge in [0.2, 0.25) is 5.91 Å². The van der Waals surface area contributed by atoms with Gasteiger partial charge in [0.25, 0.3) is 5.91 Å². The monoisotopic (exact) mass is 649 g/mol. The van der Waals surface area contributed by atoms with Gasteiger partial charge >= 0.3 is 6.03 Å². The van der Waals surface area contributed by atoms with Gasteiger partial charge in [0.1, 0.15) is 11.6 Å². The molecule has 2 fully saturated rings. The number of carbonyl (C=O) groups excluding carboxylic acids is 4. The summed E-state index contributed by atoms with van der Waals surface area (Å²) < 4.78 is 0. The molecule has 248 valence electrons. The molecule has 5 rings (SSSR count). The molecule has 0 bridgehead atoms. The number of rotatable bonds is 10. The number of urea groups is 1. The molecule has 3 aromatic carbocycles. The summed E-state index contributed by atoms with van der Waals surface area (Å²) in [6.45, 7) is 4.50. The van der Waals surface area contributed by atoms with Gasteiger partial charge in [-0.05, 0) is 59.7 Å². The number of aliphatic imine (C=N–C) groups is 1. The Hall–Kier alpha value is -5.75. The number of piperidine rings is 1. The summed E-state index contributed by atoms with van der Waals surface area (Å²) in [4.78, 5) is 60.4. The SMILES string of the molecule is C=CCN1CC(=O)C2[C@@H](Cc3ccc(O)cc3)C(=O)N(Cc3cccc(C(=O)N=C(N)/C=C\N)c3)C[C@@H]2N1C(=O)NCc1ccccc1. The molecule has 0 aliphatic carbocycles. The number of phenolic OH excluding ortho intramolecular Hbond substituents is 1. The second kappa shape index (κ2) is 15.2. The number of likely N-dealkylation sites (tertiary alicyclic amines) is 1. The first-order valence-electron chi connectivity index (χ1n) is 15.6. The van der Waals surface area contributed by atoms with Crippen LogP contribution in [0.1, 0.15) is 27.0 Å². The Bertz CT molecular complexity index is 1720. The molecule has 0 radical (unpaired) electrons. The van der Waals surface area contributed by atoms with E-state index >= 15 is 0 Å². The summed E-state index contributed by atoms with van der Waals surface area (Å²) in [5, 5.41) is 16.1. The number of nitrogens with two attached hydrogens (primary N) is 2. The zero-order valence-electron chi connectivity index (χ0n) is 26.4. The number of aromatic hydroxyl groups is 1. The average molecular weight is 650 g/mol. The van der Waals surface area contributed by atoms with Crippen molar-refractivity contribution in [3.05, 3.63) is 126 Å². The topological polar surface area (TPSA) is 175 Å². The van der Waals surface area contributed by atoms with Crippen molar-refractivity contribution in [3.8, 4) is 5.75 Å². The Morgan fingerprint density at radius 1 is 1.00 bits per heavy atom. The summed E-state index contributed by atoms with van der Waals surface area (Å²) in [5.41, 5.74) is 13.7. The predicted octanol–water partition coefficient (Wildman–Crippen LogP) is 2.75. The highest BCUT2D eigenvalue weighted by atomic mass is 16.3. The number of benzene rings is 3. The summed E-state index contributed by atoms with van der Waals surface area (Å²) in [6, 6.07) is 21.7. The highest BCUT2D eigenvalue weighted by Crippen LogP contribution is 2.37. The van der Waals surface area contributed by atoms with Gasteiger partial charge in [-0.1, -0.05) is 60.7 Å². The van der Waals surface area contributed by atoms with E-state index in [0.717, 1.165) is 11.1 Å². The van der Waals surface area contributed by atoms with Crippen molar-refractivity contribution in [1.29, 1.82) is 0 Å². The molecule has 0 saturated carbocycles. The van der Waals surface area contributed by atoms with Crippen LogP contribution in [-0.2, 0) is 29.1 Å². The molecule has 4 amide bonds. The van der Waals surface area contributed by atoms with E-state index in [2.05, 4.69) is 16.9 Å². The minimum atomic E-state index is -0.784. The van der Waals surface area contributed by atoms with Gasteiger partial charge in [0.05, 0.1) is 24.4 Å². The third-order valence-electron chi connectivity index (χ3n) is 8.48. The van der Waals surface area contributed by atoms with Gasteiger partial charge in [-0.15, -0.1) is 6.58 Å². The summed E-state index contributed by atoms with van der Waals surface area (Å²) in [7, 11) is 0. The summed E-state index contributed by atoms with van der Waals surface area (Å²) in [5.74, 6) is -2.46. The molecule has 0 aromatic heterocycles. The number of amides is 4. The van der Waals surface area contributed by atoms with Crippen LogP contribution in [0, 0.1) is 11.8 Å². The molecule has 12 nitrogen and oxygen atoms in total. The Morgan fingerprint density at radius 3 is 2.44 bits per heavy atom. The van der Waals surface area contributed by atoms with Gasteiger partial charge in [-0.3, -0.25) is 19.4 Å². The van der Waals surface area contributed by atoms with Crippen LogP contribution in [0.15, 0.2) is 109 Å². The maximum absolute atomic E-state index is 14.3. The molecule has 2 aliphatic rings. The van der Waals surface area contributed by atoms with Gasteiger partial charge in [-0.2, -0.15) is 4.99 Å². The van der Waals surface area contributed by atoms with Crippen LogP contribution in [0.25, 0.3) is 0 Å². The van der Waals surface area contributed by atoms with E-state index in [0.29, 0.717) is 5.56 Å². The maximum Gasteiger partial charge on any atom is 0.332 e. The van der Waals surface area contributed by atoms with Crippen LogP contribution in [-0.4, -0.2) is 75.2 Å². The van der Waals surface area contributed by atoms with E-state index in [1.165, 1.54) is 24.4 Å². The molecule has 2 heterocycles. The molecule has 6 N–H and O–H groups in total. The van der Waals surface area contributed by atoms with Crippen LogP contribution in [0.5, 0.6) is 5.75 Å². The quantitative estimate of drug-likeness (QED) is 0.147. The van der Waals surface area contributed by atoms with E-state index in [9.17, 15) is 24.3 Å². The number of Topliss-reactive ketones (excluding diaryl/α,β-unsaturated/α-hetero) is 1. The molecule has 1 unspecified atom stereocenters. The number of carbonyl (C=O) groups is 4. The number of amidine groups is 1. The molecular weight excluding hydrogens is 610 g/mol. The molecule has 3 aromatic rings. The second-order valence-corrected chi connectivity index (χ2v) is 11.8. The molecule has 0 spiro atoms. The van der Waals surface area contributed by atoms with Gasteiger partial charge < -0.3 is 26.8 Å². The lowest BCUT2D eigenvalue weighted by Crippen LogP contribution is -2.71. The Labute approximate surface area is 279 Å². The molecule has 3 atom stereocenters. The van der Waals surface area contributed by atoms with Crippen molar-refractivity contribution < 1.29 is 24.3 Å². The smallest absolute Gasteiger partial charge is 0.332 e. The number of hydrogen-bond donors (Lipinski definition) is 4. The standard InChI is InChI=1S/C36H39N7O5/c1-2-17-42-23-31(45)33-29(19-24-11-13-28(44)14-12-24)35(47)41(21-26-9-6-10-27(18-26)34(46)40-32(38)15-16-37)22-30(33)43(42)36(48)39-20-25-7-4-3-5-8-25/h2-16,18,29-30,33,44H,1,17,19-23,37H2,(H,39,48)(H2,38,40,46)/b16-15-/t29-,30+,33?/m1/s1. The van der Waals surface area contributed by atoms with Crippen LogP contribution in [0.2, 0.25) is 0 Å². The highest BCUT2D eigenvalue weighted by molar-refractivity contribution is 6.06. The highest BCUT2D eigenvalue weighted by Gasteiger charge is 2.53. The van der Waals surface area contributed by atoms with Crippen molar-refractivity contribution in [3.63, 3.8) is 0 Å². The molecule has 2 saturated heterocycles. The summed E-state index contributed by atoms with van der Waals surface area (Å²) >= 11 is 0. The number of nitrogens with one attached hydrogen (secondary N) is 1. The van der Waals surface area contributed by atoms with Crippen molar-refractivity contribution >= 4 is 29.5 Å². The number of phenols is 1. The fourth-order valence-corrected chi connectivity index (χ4v) is 6.34. The lowest BCUT2D eigenvalue weighted by molar-refractivity contribution is -0.167. The van der Waals surface area contributed by atoms with Crippen LogP contribution < -0.4 is 16.8 Å². The molecule has 2 aliphatic heterocycles. The Kier molecular flexibility index (Phi) is 10.7. The zero-order valence-corrected chi connectivity index (χ0v) is 26.4. The van der Waals surface area contributed by atoms with E-state index in [4.69, 9.17) is 11.5 Å². The van der Waals surface area contributed by atoms with Crippen LogP contribution in [0.3, 0.4) is 0 Å². The zero-order chi connectivity index (χ0) is 34.2. The van der Waals surface area contributed by atoms with Crippen LogP contribution in [0.4, 0.5) is 4.79 Å². The second-order valence-electron chi connectivity index (χ2n) is 11.8. The fourth-order valence-electron chi connectivity index (χ4n) is 6.34. The first-order chi connectivity index (χ1) is 23.2. The van der Waals surface area contributed by atoms with Crippen molar-refractivity contribution in [2.45, 2.75) is 25.6 Å². The van der Waals surface area contributed by atoms with E-state index in [1.807, 2.05) is 30.3 Å². The van der Waals surface area contributed by atoms with Crippen molar-refractivity contribution in [2.75, 3.05) is 19.6 Å². The average Bonchev–Trinajstić information content (AvgIpc) is 3.07. The maximum atomic E-state index is 14.3. The molecule has 48 heavy (non-hydrogen) atoms. The number of nitrogens with zero attached hydrogens (tertiary/aromatic N) is 4. The Morgan fingerprint density at radius 2 is 1.73 bits per heavy atom. The fraction of sp³-hybridized carbons (Fsp3) is 0.250. The number of hydrogen-bond acceptors (Lipinski definition) is 7. The van der Waals surface area contributed by atoms with Crippen molar-refractivity contribution in [1.82, 2.24) is 20.2 Å². The van der Waals surface area contributed by atoms with E-state index in [-0.39, 0.29) is 68.0 Å². The lowest BCUT2D eigenvalue weighted by Gasteiger charge is -2.52. The van der Waals surface area contributed by atoms with E-state index in [1.54, 1.807) is 57.4 Å². The summed E-state index contributed by atoms with van der Waals surface area (Å²) in [6.07, 6.45) is 4.35. The first-order valence-corrected chi connectivity index (χ1v) is 15.6. The third-order valence-corrected chi connectivity index (χ3v) is 8.48. The van der Waals surface area contributed by atoms with E-state index < -0.39 is 29.8 Å². The minimum absolute atomic E-state index is 0.0427. The van der Waals surface area contributed by atoms with Gasteiger partial charge in [0.15, 0.2) is 5.78 Å². The predicted molar refractivity (Wildman–Crippen MR) is 181 cm³/mol. The minimum Gasteiger partial charge on any atom is -0.508 e. The molecular formula is C36H39N7O5.